The van der Waals surface area contributed by atoms with E-state index < -0.39 is 0 Å². The summed E-state index contributed by atoms with van der Waals surface area (Å²) in [4.78, 5) is 18.6. The highest BCUT2D eigenvalue weighted by Gasteiger charge is 2.35. The quantitative estimate of drug-likeness (QED) is 0.162. The van der Waals surface area contributed by atoms with Crippen molar-refractivity contribution in [1.82, 2.24) is 19.5 Å². The molecule has 6 heteroatoms. The Morgan fingerprint density at radius 3 is 1.74 bits per heavy atom. The molecule has 0 amide bonds. The fraction of sp³-hybridized carbons (Fsp3) is 0.0392. The fourth-order valence-electron chi connectivity index (χ4n) is 8.33. The first-order valence-corrected chi connectivity index (χ1v) is 20.2. The Morgan fingerprint density at radius 1 is 0.491 bits per heavy atom. The molecule has 0 N–H and O–H groups in total. The minimum Gasteiger partial charge on any atom is -0.310 e. The number of fused-ring (bicyclic) bond motifs is 6. The summed E-state index contributed by atoms with van der Waals surface area (Å²) >= 11 is 1.94. The molecule has 1 aliphatic heterocycles. The highest BCUT2D eigenvalue weighted by atomic mass is 32.2. The molecule has 1 aliphatic carbocycles. The van der Waals surface area contributed by atoms with Crippen LogP contribution in [0.1, 0.15) is 17.3 Å². The second kappa shape index (κ2) is 13.9. The number of para-hydroxylation sites is 3. The van der Waals surface area contributed by atoms with Crippen molar-refractivity contribution < 1.29 is 0 Å². The van der Waals surface area contributed by atoms with Crippen LogP contribution in [-0.2, 0) is 0 Å². The topological polar surface area (TPSA) is 46.8 Å². The van der Waals surface area contributed by atoms with Gasteiger partial charge in [0.15, 0.2) is 17.5 Å². The first kappa shape index (κ1) is 33.3. The molecule has 2 aromatic heterocycles. The molecule has 0 saturated carbocycles. The lowest BCUT2D eigenvalue weighted by Gasteiger charge is -2.25. The largest absolute Gasteiger partial charge is 0.310 e. The third kappa shape index (κ3) is 5.85. The minimum atomic E-state index is 0.197. The Morgan fingerprint density at radius 2 is 1.07 bits per heavy atom. The molecule has 2 aliphatic rings. The standard InChI is InChI=1S/C51H35N5S/c1-5-16-34(17-6-1)49-52-50(35-18-7-2-8-19-35)54-51(53-49)36-28-30-41-42-25-15-27-46(48(42)57-47(41)32-36)56-44-26-14-13-24-40(44)43-33-39(29-31-45(43)56)55(37-20-9-3-10-21-37)38-22-11-4-12-23-38/h1-33,41,47H. The molecular weight excluding hydrogens is 715 g/mol. The van der Waals surface area contributed by atoms with Gasteiger partial charge in [-0.1, -0.05) is 146 Å². The molecular formula is C51H35N5S. The Labute approximate surface area is 335 Å². The summed E-state index contributed by atoms with van der Waals surface area (Å²) in [5.41, 5.74) is 11.2. The van der Waals surface area contributed by atoms with Gasteiger partial charge in [0.25, 0.3) is 0 Å². The van der Waals surface area contributed by atoms with E-state index >= 15 is 0 Å². The van der Waals surface area contributed by atoms with Crippen LogP contribution < -0.4 is 4.90 Å². The zero-order chi connectivity index (χ0) is 37.7. The molecule has 9 aromatic rings. The third-order valence-electron chi connectivity index (χ3n) is 11.0. The molecule has 11 rings (SSSR count). The maximum Gasteiger partial charge on any atom is 0.164 e. The number of nitrogens with zero attached hydrogens (tertiary/aromatic N) is 5. The van der Waals surface area contributed by atoms with Gasteiger partial charge in [-0.25, -0.2) is 15.0 Å². The van der Waals surface area contributed by atoms with Gasteiger partial charge in [-0.05, 0) is 60.2 Å². The van der Waals surface area contributed by atoms with E-state index in [4.69, 9.17) is 15.0 Å². The summed E-state index contributed by atoms with van der Waals surface area (Å²) in [6.45, 7) is 0. The molecule has 7 aromatic carbocycles. The van der Waals surface area contributed by atoms with Crippen LogP contribution >= 0.6 is 11.8 Å². The lowest BCUT2D eigenvalue weighted by atomic mass is 9.89. The van der Waals surface area contributed by atoms with E-state index in [9.17, 15) is 0 Å². The molecule has 2 atom stereocenters. The highest BCUT2D eigenvalue weighted by molar-refractivity contribution is 8.00. The number of hydrogen-bond donors (Lipinski definition) is 0. The summed E-state index contributed by atoms with van der Waals surface area (Å²) < 4.78 is 2.46. The normalized spacial score (nSPS) is 15.7. The van der Waals surface area contributed by atoms with Gasteiger partial charge >= 0.3 is 0 Å². The molecule has 0 fully saturated rings. The summed E-state index contributed by atoms with van der Waals surface area (Å²) in [6.07, 6.45) is 6.91. The minimum absolute atomic E-state index is 0.197. The van der Waals surface area contributed by atoms with Crippen molar-refractivity contribution in [3.63, 3.8) is 0 Å². The van der Waals surface area contributed by atoms with E-state index in [0.717, 1.165) is 33.8 Å². The van der Waals surface area contributed by atoms with Crippen LogP contribution in [0.25, 0.3) is 55.8 Å². The number of hydrogen-bond acceptors (Lipinski definition) is 5. The van der Waals surface area contributed by atoms with Crippen LogP contribution in [0, 0.1) is 0 Å². The number of anilines is 3. The van der Waals surface area contributed by atoms with Crippen molar-refractivity contribution in [2.24, 2.45) is 0 Å². The molecule has 0 spiro atoms. The average molecular weight is 750 g/mol. The maximum atomic E-state index is 5.04. The maximum absolute atomic E-state index is 5.04. The van der Waals surface area contributed by atoms with Crippen molar-refractivity contribution >= 4 is 56.2 Å². The van der Waals surface area contributed by atoms with Crippen LogP contribution in [0.3, 0.4) is 0 Å². The van der Waals surface area contributed by atoms with E-state index in [-0.39, 0.29) is 11.2 Å². The summed E-state index contributed by atoms with van der Waals surface area (Å²) in [5, 5.41) is 2.65. The van der Waals surface area contributed by atoms with Crippen molar-refractivity contribution in [2.45, 2.75) is 16.1 Å². The summed E-state index contributed by atoms with van der Waals surface area (Å²) in [5.74, 6) is 2.27. The fourth-order valence-corrected chi connectivity index (χ4v) is 9.82. The zero-order valence-corrected chi connectivity index (χ0v) is 31.7. The summed E-state index contributed by atoms with van der Waals surface area (Å²) in [7, 11) is 0. The Kier molecular flexibility index (Phi) is 8.14. The second-order valence-electron chi connectivity index (χ2n) is 14.4. The number of thioether (sulfide) groups is 1. The van der Waals surface area contributed by atoms with E-state index in [1.165, 1.54) is 38.0 Å². The molecule has 0 radical (unpaired) electrons. The smallest absolute Gasteiger partial charge is 0.164 e. The molecule has 0 saturated heterocycles. The highest BCUT2D eigenvalue weighted by Crippen LogP contribution is 2.53. The van der Waals surface area contributed by atoms with Crippen molar-refractivity contribution in [1.29, 1.82) is 0 Å². The van der Waals surface area contributed by atoms with Crippen molar-refractivity contribution in [3.05, 3.63) is 212 Å². The van der Waals surface area contributed by atoms with Crippen molar-refractivity contribution in [3.8, 4) is 28.5 Å². The number of aromatic nitrogens is 4. The van der Waals surface area contributed by atoms with Gasteiger partial charge in [-0.3, -0.25) is 0 Å². The zero-order valence-electron chi connectivity index (χ0n) is 30.9. The Hall–Kier alpha value is -7.02. The predicted octanol–water partition coefficient (Wildman–Crippen LogP) is 13.0. The van der Waals surface area contributed by atoms with Gasteiger partial charge < -0.3 is 9.47 Å². The van der Waals surface area contributed by atoms with E-state index in [2.05, 4.69) is 173 Å². The van der Waals surface area contributed by atoms with Gasteiger partial charge in [0.1, 0.15) is 0 Å². The summed E-state index contributed by atoms with van der Waals surface area (Å²) in [6, 6.07) is 64.1. The molecule has 0 bridgehead atoms. The lowest BCUT2D eigenvalue weighted by Crippen LogP contribution is -2.11. The SMILES string of the molecule is C1=CC2c3cccc(-n4c5ccccc5c5cc(N(c6ccccc6)c6ccccc6)ccc54)c3SC2C=C1c1nc(-c2ccccc2)nc(-c2ccccc2)n1. The second-order valence-corrected chi connectivity index (χ2v) is 15.6. The van der Waals surface area contributed by atoms with Gasteiger partial charge in [0.2, 0.25) is 0 Å². The van der Waals surface area contributed by atoms with Crippen LogP contribution in [-0.4, -0.2) is 24.8 Å². The molecule has 57 heavy (non-hydrogen) atoms. The van der Waals surface area contributed by atoms with E-state index in [1.54, 1.807) is 0 Å². The van der Waals surface area contributed by atoms with Crippen molar-refractivity contribution in [2.75, 3.05) is 4.90 Å². The monoisotopic (exact) mass is 749 g/mol. The van der Waals surface area contributed by atoms with Crippen LogP contribution in [0.4, 0.5) is 17.1 Å². The Bertz CT molecular complexity index is 2900. The van der Waals surface area contributed by atoms with Crippen LogP contribution in [0.2, 0.25) is 0 Å². The third-order valence-corrected chi connectivity index (χ3v) is 12.3. The van der Waals surface area contributed by atoms with Gasteiger partial charge in [-0.2, -0.15) is 0 Å². The lowest BCUT2D eigenvalue weighted by molar-refractivity contribution is 0.877. The number of benzene rings is 7. The average Bonchev–Trinajstić information content (AvgIpc) is 3.83. The molecule has 2 unspecified atom stereocenters. The number of allylic oxidation sites excluding steroid dienone is 3. The van der Waals surface area contributed by atoms with Crippen LogP contribution in [0.15, 0.2) is 205 Å². The van der Waals surface area contributed by atoms with E-state index in [0.29, 0.717) is 17.5 Å². The van der Waals surface area contributed by atoms with E-state index in [1.807, 2.05) is 48.2 Å². The van der Waals surface area contributed by atoms with Gasteiger partial charge in [0, 0.05) is 60.6 Å². The molecule has 270 valence electrons. The van der Waals surface area contributed by atoms with Gasteiger partial charge in [0.05, 0.1) is 16.7 Å². The predicted molar refractivity (Wildman–Crippen MR) is 236 cm³/mol. The first-order valence-electron chi connectivity index (χ1n) is 19.3. The Balaban J connectivity index is 1.00. The molecule has 3 heterocycles. The number of rotatable bonds is 7. The molecule has 5 nitrogen and oxygen atoms in total. The van der Waals surface area contributed by atoms with Gasteiger partial charge in [-0.15, -0.1) is 11.8 Å². The first-order chi connectivity index (χ1) is 28.3. The van der Waals surface area contributed by atoms with Crippen LogP contribution in [0.5, 0.6) is 0 Å².